The van der Waals surface area contributed by atoms with Gasteiger partial charge in [-0.05, 0) is 44.1 Å². The lowest BCUT2D eigenvalue weighted by atomic mass is 9.93. The maximum absolute atomic E-state index is 13.8. The quantitative estimate of drug-likeness (QED) is 0.828. The van der Waals surface area contributed by atoms with E-state index in [-0.39, 0.29) is 12.4 Å². The van der Waals surface area contributed by atoms with Gasteiger partial charge in [0.1, 0.15) is 12.4 Å². The van der Waals surface area contributed by atoms with Gasteiger partial charge < -0.3 is 9.64 Å². The SMILES string of the molecule is [CH2]N1CCC(c2cccc(OCc3ccc(Cl)cc3F)n2)CC1. The third-order valence-corrected chi connectivity index (χ3v) is 4.38. The Bertz CT molecular complexity index is 672. The molecule has 1 aliphatic rings. The third kappa shape index (κ3) is 4.21. The molecule has 1 fully saturated rings. The number of hydrogen-bond acceptors (Lipinski definition) is 3. The number of hydrogen-bond donors (Lipinski definition) is 0. The summed E-state index contributed by atoms with van der Waals surface area (Å²) in [5.41, 5.74) is 1.50. The van der Waals surface area contributed by atoms with Gasteiger partial charge in [-0.25, -0.2) is 9.37 Å². The van der Waals surface area contributed by atoms with Gasteiger partial charge in [0.25, 0.3) is 0 Å². The molecule has 3 nitrogen and oxygen atoms in total. The predicted molar refractivity (Wildman–Crippen MR) is 88.9 cm³/mol. The molecule has 5 heteroatoms. The van der Waals surface area contributed by atoms with E-state index in [1.165, 1.54) is 6.07 Å². The second kappa shape index (κ2) is 7.28. The van der Waals surface area contributed by atoms with Gasteiger partial charge in [0.05, 0.1) is 0 Å². The van der Waals surface area contributed by atoms with Gasteiger partial charge in [-0.1, -0.05) is 23.7 Å². The molecule has 2 aromatic rings. The van der Waals surface area contributed by atoms with Crippen molar-refractivity contribution in [1.29, 1.82) is 0 Å². The Morgan fingerprint density at radius 2 is 2.04 bits per heavy atom. The van der Waals surface area contributed by atoms with E-state index in [4.69, 9.17) is 16.3 Å². The van der Waals surface area contributed by atoms with E-state index in [2.05, 4.69) is 16.9 Å². The van der Waals surface area contributed by atoms with Crippen molar-refractivity contribution in [2.45, 2.75) is 25.4 Å². The van der Waals surface area contributed by atoms with Crippen LogP contribution in [0.3, 0.4) is 0 Å². The van der Waals surface area contributed by atoms with Gasteiger partial charge in [0.15, 0.2) is 0 Å². The van der Waals surface area contributed by atoms with Gasteiger partial charge in [-0.15, -0.1) is 0 Å². The van der Waals surface area contributed by atoms with Gasteiger partial charge in [-0.3, -0.25) is 0 Å². The van der Waals surface area contributed by atoms with Crippen LogP contribution in [0.5, 0.6) is 5.88 Å². The van der Waals surface area contributed by atoms with Crippen molar-refractivity contribution >= 4 is 11.6 Å². The molecule has 1 aromatic carbocycles. The van der Waals surface area contributed by atoms with Crippen LogP contribution in [-0.4, -0.2) is 23.0 Å². The summed E-state index contributed by atoms with van der Waals surface area (Å²) >= 11 is 5.75. The standard InChI is InChI=1S/C18H19ClFN2O/c1-22-9-7-13(8-10-22)17-3-2-4-18(21-17)23-12-14-5-6-15(19)11-16(14)20/h2-6,11,13H,1,7-10,12H2. The predicted octanol–water partition coefficient (Wildman–Crippen LogP) is 4.42. The molecular weight excluding hydrogens is 315 g/mol. The Morgan fingerprint density at radius 1 is 1.26 bits per heavy atom. The van der Waals surface area contributed by atoms with Crippen molar-refractivity contribution in [2.24, 2.45) is 0 Å². The molecule has 0 saturated carbocycles. The fourth-order valence-corrected chi connectivity index (χ4v) is 2.92. The molecule has 1 aromatic heterocycles. The molecule has 0 unspecified atom stereocenters. The summed E-state index contributed by atoms with van der Waals surface area (Å²) < 4.78 is 19.4. The first-order chi connectivity index (χ1) is 11.1. The highest BCUT2D eigenvalue weighted by molar-refractivity contribution is 6.30. The fourth-order valence-electron chi connectivity index (χ4n) is 2.76. The number of rotatable bonds is 4. The molecule has 0 N–H and O–H groups in total. The highest BCUT2D eigenvalue weighted by atomic mass is 35.5. The van der Waals surface area contributed by atoms with Crippen molar-refractivity contribution in [1.82, 2.24) is 9.88 Å². The number of likely N-dealkylation sites (tertiary alicyclic amines) is 1. The molecule has 1 aliphatic heterocycles. The lowest BCUT2D eigenvalue weighted by Gasteiger charge is -2.28. The number of benzene rings is 1. The van der Waals surface area contributed by atoms with E-state index in [1.807, 2.05) is 12.1 Å². The van der Waals surface area contributed by atoms with E-state index >= 15 is 0 Å². The zero-order chi connectivity index (χ0) is 16.2. The fraction of sp³-hybridized carbons (Fsp3) is 0.333. The molecule has 23 heavy (non-hydrogen) atoms. The minimum atomic E-state index is -0.364. The number of halogens is 2. The summed E-state index contributed by atoms with van der Waals surface area (Å²) in [6.07, 6.45) is 2.09. The first kappa shape index (κ1) is 16.2. The van der Waals surface area contributed by atoms with E-state index in [0.29, 0.717) is 22.4 Å². The molecule has 0 bridgehead atoms. The average molecular weight is 334 g/mol. The van der Waals surface area contributed by atoms with Gasteiger partial charge in [0, 0.05) is 35.3 Å². The van der Waals surface area contributed by atoms with Crippen molar-refractivity contribution in [3.8, 4) is 5.88 Å². The Balaban J connectivity index is 1.65. The number of aromatic nitrogens is 1. The number of ether oxygens (including phenoxy) is 1. The van der Waals surface area contributed by atoms with Crippen LogP contribution in [0, 0.1) is 12.9 Å². The van der Waals surface area contributed by atoms with Crippen LogP contribution >= 0.6 is 11.6 Å². The van der Waals surface area contributed by atoms with Gasteiger partial charge in [-0.2, -0.15) is 0 Å². The first-order valence-electron chi connectivity index (χ1n) is 7.71. The van der Waals surface area contributed by atoms with E-state index in [0.717, 1.165) is 31.6 Å². The molecule has 121 valence electrons. The zero-order valence-electron chi connectivity index (χ0n) is 12.8. The lowest BCUT2D eigenvalue weighted by Crippen LogP contribution is -2.27. The number of nitrogens with zero attached hydrogens (tertiary/aromatic N) is 2. The molecule has 3 rings (SSSR count). The molecule has 0 spiro atoms. The van der Waals surface area contributed by atoms with E-state index in [9.17, 15) is 4.39 Å². The summed E-state index contributed by atoms with van der Waals surface area (Å²) in [4.78, 5) is 6.66. The van der Waals surface area contributed by atoms with Crippen LogP contribution in [0.15, 0.2) is 36.4 Å². The molecule has 0 atom stereocenters. The number of piperidine rings is 1. The van der Waals surface area contributed by atoms with Crippen LogP contribution in [0.4, 0.5) is 4.39 Å². The largest absolute Gasteiger partial charge is 0.473 e. The van der Waals surface area contributed by atoms with Crippen molar-refractivity contribution in [2.75, 3.05) is 13.1 Å². The van der Waals surface area contributed by atoms with Crippen LogP contribution in [0.2, 0.25) is 5.02 Å². The molecule has 2 heterocycles. The molecule has 1 saturated heterocycles. The highest BCUT2D eigenvalue weighted by Crippen LogP contribution is 2.27. The summed E-state index contributed by atoms with van der Waals surface area (Å²) in [5, 5.41) is 0.378. The topological polar surface area (TPSA) is 25.4 Å². The average Bonchev–Trinajstić information content (AvgIpc) is 2.55. The monoisotopic (exact) mass is 333 g/mol. The summed E-state index contributed by atoms with van der Waals surface area (Å²) in [6.45, 7) is 2.09. The Hall–Kier alpha value is -1.65. The zero-order valence-corrected chi connectivity index (χ0v) is 13.6. The van der Waals surface area contributed by atoms with Crippen molar-refractivity contribution < 1.29 is 9.13 Å². The number of pyridine rings is 1. The van der Waals surface area contributed by atoms with Crippen LogP contribution in [0.25, 0.3) is 0 Å². The maximum Gasteiger partial charge on any atom is 0.213 e. The Kier molecular flexibility index (Phi) is 5.13. The Labute approximate surface area is 141 Å². The van der Waals surface area contributed by atoms with E-state index < -0.39 is 0 Å². The molecule has 0 aliphatic carbocycles. The summed E-state index contributed by atoms with van der Waals surface area (Å²) in [5.74, 6) is 0.592. The van der Waals surface area contributed by atoms with Crippen LogP contribution in [0.1, 0.15) is 30.0 Å². The third-order valence-electron chi connectivity index (χ3n) is 4.14. The first-order valence-corrected chi connectivity index (χ1v) is 8.09. The molecular formula is C18H19ClFN2O. The molecule has 1 radical (unpaired) electrons. The second-order valence-electron chi connectivity index (χ2n) is 5.82. The van der Waals surface area contributed by atoms with Crippen LogP contribution in [-0.2, 0) is 6.61 Å². The normalized spacial score (nSPS) is 16.5. The van der Waals surface area contributed by atoms with Crippen molar-refractivity contribution in [3.63, 3.8) is 0 Å². The highest BCUT2D eigenvalue weighted by Gasteiger charge is 2.19. The second-order valence-corrected chi connectivity index (χ2v) is 6.25. The van der Waals surface area contributed by atoms with Crippen LogP contribution < -0.4 is 4.74 Å². The van der Waals surface area contributed by atoms with Gasteiger partial charge >= 0.3 is 0 Å². The van der Waals surface area contributed by atoms with Crippen molar-refractivity contribution in [3.05, 3.63) is 65.5 Å². The Morgan fingerprint density at radius 3 is 2.78 bits per heavy atom. The minimum Gasteiger partial charge on any atom is -0.473 e. The maximum atomic E-state index is 13.8. The summed E-state index contributed by atoms with van der Waals surface area (Å²) in [7, 11) is 3.96. The minimum absolute atomic E-state index is 0.136. The summed E-state index contributed by atoms with van der Waals surface area (Å²) in [6, 6.07) is 10.3. The smallest absolute Gasteiger partial charge is 0.213 e. The molecule has 0 amide bonds. The van der Waals surface area contributed by atoms with Gasteiger partial charge in [0.2, 0.25) is 5.88 Å². The van der Waals surface area contributed by atoms with E-state index in [1.54, 1.807) is 18.2 Å². The lowest BCUT2D eigenvalue weighted by molar-refractivity contribution is 0.270.